The summed E-state index contributed by atoms with van der Waals surface area (Å²) >= 11 is 1.91. The van der Waals surface area contributed by atoms with Crippen molar-refractivity contribution in [2.24, 2.45) is 11.8 Å². The number of thiophene rings is 1. The fraction of sp³-hybridized carbons (Fsp3) is 0.714. The summed E-state index contributed by atoms with van der Waals surface area (Å²) < 4.78 is 0. The number of quaternary nitrogens is 1. The molecule has 0 aromatic carbocycles. The van der Waals surface area contributed by atoms with Crippen LogP contribution in [0.5, 0.6) is 0 Å². The molecule has 0 aliphatic heterocycles. The quantitative estimate of drug-likeness (QED) is 0.834. The van der Waals surface area contributed by atoms with Gasteiger partial charge in [0.1, 0.15) is 6.54 Å². The number of rotatable bonds is 3. The lowest BCUT2D eigenvalue weighted by atomic mass is 9.78. The van der Waals surface area contributed by atoms with Crippen LogP contribution in [0.3, 0.4) is 0 Å². The van der Waals surface area contributed by atoms with E-state index in [1.54, 1.807) is 4.88 Å². The molecule has 1 aliphatic carbocycles. The van der Waals surface area contributed by atoms with Crippen LogP contribution in [-0.4, -0.2) is 6.04 Å². The number of aryl methyl sites for hydroxylation is 1. The second kappa shape index (κ2) is 5.33. The minimum Gasteiger partial charge on any atom is -0.339 e. The van der Waals surface area contributed by atoms with Gasteiger partial charge in [-0.3, -0.25) is 0 Å². The van der Waals surface area contributed by atoms with Crippen LogP contribution >= 0.6 is 11.3 Å². The molecule has 2 rings (SSSR count). The Bertz CT molecular complexity index is 331. The molecule has 1 aromatic heterocycles. The van der Waals surface area contributed by atoms with Crippen LogP contribution in [0, 0.1) is 18.8 Å². The molecule has 0 unspecified atom stereocenters. The van der Waals surface area contributed by atoms with Crippen LogP contribution in [0.4, 0.5) is 0 Å². The minimum atomic E-state index is 0.852. The van der Waals surface area contributed by atoms with Crippen molar-refractivity contribution in [1.29, 1.82) is 0 Å². The first-order chi connectivity index (χ1) is 7.68. The van der Waals surface area contributed by atoms with Gasteiger partial charge in [0.15, 0.2) is 0 Å². The molecule has 2 heteroatoms. The predicted octanol–water partition coefficient (Wildman–Crippen LogP) is 2.94. The van der Waals surface area contributed by atoms with E-state index in [1.807, 2.05) is 11.3 Å². The van der Waals surface area contributed by atoms with E-state index < -0.39 is 0 Å². The fourth-order valence-electron chi connectivity index (χ4n) is 2.83. The van der Waals surface area contributed by atoms with Gasteiger partial charge in [-0.05, 0) is 49.1 Å². The Morgan fingerprint density at radius 2 is 2.19 bits per heavy atom. The largest absolute Gasteiger partial charge is 0.339 e. The first kappa shape index (κ1) is 12.1. The number of nitrogens with two attached hydrogens (primary N) is 1. The summed E-state index contributed by atoms with van der Waals surface area (Å²) in [5, 5.41) is 4.80. The van der Waals surface area contributed by atoms with Crippen LogP contribution in [0.1, 0.15) is 43.6 Å². The average Bonchev–Trinajstić information content (AvgIpc) is 2.67. The highest BCUT2D eigenvalue weighted by Crippen LogP contribution is 2.27. The van der Waals surface area contributed by atoms with E-state index in [0.29, 0.717) is 0 Å². The van der Waals surface area contributed by atoms with Gasteiger partial charge in [-0.25, -0.2) is 0 Å². The third-order valence-corrected chi connectivity index (χ3v) is 5.39. The van der Waals surface area contributed by atoms with Gasteiger partial charge >= 0.3 is 0 Å². The zero-order valence-electron chi connectivity index (χ0n) is 10.7. The van der Waals surface area contributed by atoms with Gasteiger partial charge in [-0.1, -0.05) is 13.8 Å². The minimum absolute atomic E-state index is 0.852. The maximum atomic E-state index is 2.58. The van der Waals surface area contributed by atoms with Crippen molar-refractivity contribution >= 4 is 11.3 Å². The van der Waals surface area contributed by atoms with Crippen molar-refractivity contribution in [1.82, 2.24) is 0 Å². The molecule has 1 aliphatic rings. The Balaban J connectivity index is 1.88. The molecule has 1 aromatic rings. The highest BCUT2D eigenvalue weighted by atomic mass is 32.1. The van der Waals surface area contributed by atoms with Gasteiger partial charge in [0, 0.05) is 5.92 Å². The lowest BCUT2D eigenvalue weighted by molar-refractivity contribution is -0.713. The van der Waals surface area contributed by atoms with Gasteiger partial charge in [0.2, 0.25) is 0 Å². The molecule has 0 amide bonds. The third-order valence-electron chi connectivity index (χ3n) is 4.34. The molecular weight excluding hydrogens is 214 g/mol. The van der Waals surface area contributed by atoms with Gasteiger partial charge in [0.05, 0.1) is 10.9 Å². The van der Waals surface area contributed by atoms with E-state index in [4.69, 9.17) is 0 Å². The van der Waals surface area contributed by atoms with Crippen LogP contribution in [-0.2, 0) is 6.54 Å². The summed E-state index contributed by atoms with van der Waals surface area (Å²) in [4.78, 5) is 1.56. The third kappa shape index (κ3) is 2.67. The van der Waals surface area contributed by atoms with Gasteiger partial charge in [-0.15, -0.1) is 11.3 Å². The molecule has 3 atom stereocenters. The second-order valence-corrected chi connectivity index (χ2v) is 6.40. The summed E-state index contributed by atoms with van der Waals surface area (Å²) in [6, 6.07) is 3.09. The van der Waals surface area contributed by atoms with E-state index in [0.717, 1.165) is 17.9 Å². The zero-order chi connectivity index (χ0) is 11.5. The lowest BCUT2D eigenvalue weighted by Crippen LogP contribution is -2.90. The Hall–Kier alpha value is -0.340. The summed E-state index contributed by atoms with van der Waals surface area (Å²) in [7, 11) is 0. The molecule has 1 heterocycles. The van der Waals surface area contributed by atoms with Gasteiger partial charge in [0.25, 0.3) is 0 Å². The Morgan fingerprint density at radius 3 is 2.88 bits per heavy atom. The first-order valence-corrected chi connectivity index (χ1v) is 7.42. The van der Waals surface area contributed by atoms with Crippen LogP contribution < -0.4 is 5.32 Å². The van der Waals surface area contributed by atoms with Crippen molar-refractivity contribution < 1.29 is 5.32 Å². The second-order valence-electron chi connectivity index (χ2n) is 5.40. The molecule has 1 nitrogen and oxygen atoms in total. The first-order valence-electron chi connectivity index (χ1n) is 6.54. The number of hydrogen-bond acceptors (Lipinski definition) is 1. The molecule has 90 valence electrons. The van der Waals surface area contributed by atoms with Crippen LogP contribution in [0.15, 0.2) is 11.4 Å². The van der Waals surface area contributed by atoms with Crippen molar-refractivity contribution in [3.8, 4) is 0 Å². The predicted molar refractivity (Wildman–Crippen MR) is 70.7 cm³/mol. The average molecular weight is 238 g/mol. The molecule has 0 radical (unpaired) electrons. The van der Waals surface area contributed by atoms with Crippen LogP contribution in [0.2, 0.25) is 0 Å². The smallest absolute Gasteiger partial charge is 0.111 e. The normalized spacial score (nSPS) is 30.6. The molecule has 16 heavy (non-hydrogen) atoms. The highest BCUT2D eigenvalue weighted by molar-refractivity contribution is 7.10. The Morgan fingerprint density at radius 1 is 1.38 bits per heavy atom. The van der Waals surface area contributed by atoms with Crippen molar-refractivity contribution in [3.05, 3.63) is 21.9 Å². The fourth-order valence-corrected chi connectivity index (χ4v) is 3.71. The molecule has 0 saturated heterocycles. The van der Waals surface area contributed by atoms with Crippen molar-refractivity contribution in [2.75, 3.05) is 0 Å². The SMILES string of the molecule is Cc1ccsc1C[NH2+][C@H]1CCC[C@H](C)[C@H]1C. The maximum Gasteiger partial charge on any atom is 0.111 e. The highest BCUT2D eigenvalue weighted by Gasteiger charge is 2.29. The maximum absolute atomic E-state index is 2.58. The van der Waals surface area contributed by atoms with E-state index in [-0.39, 0.29) is 0 Å². The summed E-state index contributed by atoms with van der Waals surface area (Å²) in [5.74, 6) is 1.80. The zero-order valence-corrected chi connectivity index (χ0v) is 11.5. The summed E-state index contributed by atoms with van der Waals surface area (Å²) in [6.45, 7) is 8.27. The standard InChI is InChI=1S/C14H23NS/c1-10-5-4-6-13(12(10)3)15-9-14-11(2)7-8-16-14/h7-8,10,12-13,15H,4-6,9H2,1-3H3/p+1/t10-,12+,13-/m0/s1. The summed E-state index contributed by atoms with van der Waals surface area (Å²) in [5.41, 5.74) is 1.47. The Labute approximate surface area is 103 Å². The van der Waals surface area contributed by atoms with Crippen LogP contribution in [0.25, 0.3) is 0 Å². The number of hydrogen-bond donors (Lipinski definition) is 1. The molecule has 1 fully saturated rings. The molecule has 1 saturated carbocycles. The molecular formula is C14H24NS+. The molecule has 0 spiro atoms. The van der Waals surface area contributed by atoms with E-state index in [9.17, 15) is 0 Å². The van der Waals surface area contributed by atoms with E-state index >= 15 is 0 Å². The van der Waals surface area contributed by atoms with E-state index in [1.165, 1.54) is 31.4 Å². The summed E-state index contributed by atoms with van der Waals surface area (Å²) in [6.07, 6.45) is 4.27. The topological polar surface area (TPSA) is 16.6 Å². The lowest BCUT2D eigenvalue weighted by Gasteiger charge is -2.32. The van der Waals surface area contributed by atoms with Crippen molar-refractivity contribution in [3.63, 3.8) is 0 Å². The van der Waals surface area contributed by atoms with Crippen molar-refractivity contribution in [2.45, 2.75) is 52.6 Å². The molecule has 0 bridgehead atoms. The van der Waals surface area contributed by atoms with Gasteiger partial charge in [-0.2, -0.15) is 0 Å². The van der Waals surface area contributed by atoms with E-state index in [2.05, 4.69) is 37.5 Å². The van der Waals surface area contributed by atoms with Gasteiger partial charge < -0.3 is 5.32 Å². The monoisotopic (exact) mass is 238 g/mol. The molecule has 2 N–H and O–H groups in total. The Kier molecular flexibility index (Phi) is 4.04.